The van der Waals surface area contributed by atoms with Gasteiger partial charge in [0.25, 0.3) is 5.97 Å². The second-order valence-corrected chi connectivity index (χ2v) is 5.07. The smallest absolute Gasteiger partial charge is 0.280 e. The van der Waals surface area contributed by atoms with E-state index in [1.807, 2.05) is 31.2 Å². The first-order valence-electron chi connectivity index (χ1n) is 8.20. The van der Waals surface area contributed by atoms with Crippen molar-refractivity contribution in [1.82, 2.24) is 0 Å². The molecule has 126 valence electrons. The van der Waals surface area contributed by atoms with Crippen molar-refractivity contribution in [2.45, 2.75) is 57.8 Å². The molecule has 3 nitrogen and oxygen atoms in total. The van der Waals surface area contributed by atoms with E-state index in [-0.39, 0.29) is 0 Å². The number of rotatable bonds is 15. The van der Waals surface area contributed by atoms with Crippen molar-refractivity contribution in [2.24, 2.45) is 0 Å². The van der Waals surface area contributed by atoms with Crippen LogP contribution in [0.2, 0.25) is 0 Å². The molecule has 22 heavy (non-hydrogen) atoms. The fourth-order valence-corrected chi connectivity index (χ4v) is 1.73. The summed E-state index contributed by atoms with van der Waals surface area (Å²) in [4.78, 5) is 0. The van der Waals surface area contributed by atoms with Crippen molar-refractivity contribution in [3.8, 4) is 0 Å². The number of aliphatic hydroxyl groups is 1. The quantitative estimate of drug-likeness (QED) is 0.266. The lowest BCUT2D eigenvalue weighted by Gasteiger charge is -2.25. The number of hydrogen-bond acceptors (Lipinski definition) is 3. The van der Waals surface area contributed by atoms with Gasteiger partial charge in [-0.25, -0.2) is 0 Å². The van der Waals surface area contributed by atoms with Gasteiger partial charge in [0.05, 0.1) is 13.2 Å². The van der Waals surface area contributed by atoms with Gasteiger partial charge in [-0.1, -0.05) is 43.4 Å². The standard InChI is InChI=1S/C19H32O3/c1-4-7-9-11-13-15-17-21-19(20,6-3)22-18-16-14-12-10-8-5-2/h4-5,13-16,20H,1-2,6-12,17-18H2,3H3. The Morgan fingerprint density at radius 3 is 1.64 bits per heavy atom. The van der Waals surface area contributed by atoms with Crippen molar-refractivity contribution in [3.63, 3.8) is 0 Å². The van der Waals surface area contributed by atoms with Crippen molar-refractivity contribution < 1.29 is 14.6 Å². The summed E-state index contributed by atoms with van der Waals surface area (Å²) in [5.74, 6) is -1.50. The molecule has 0 bridgehead atoms. The summed E-state index contributed by atoms with van der Waals surface area (Å²) in [7, 11) is 0. The van der Waals surface area contributed by atoms with Crippen LogP contribution in [0.4, 0.5) is 0 Å². The van der Waals surface area contributed by atoms with E-state index in [2.05, 4.69) is 25.3 Å². The Labute approximate surface area is 136 Å². The monoisotopic (exact) mass is 308 g/mol. The van der Waals surface area contributed by atoms with E-state index < -0.39 is 5.97 Å². The van der Waals surface area contributed by atoms with Crippen molar-refractivity contribution in [2.75, 3.05) is 13.2 Å². The molecule has 0 amide bonds. The van der Waals surface area contributed by atoms with Gasteiger partial charge in [-0.3, -0.25) is 0 Å². The molecule has 0 aliphatic heterocycles. The van der Waals surface area contributed by atoms with E-state index in [9.17, 15) is 5.11 Å². The first kappa shape index (κ1) is 20.8. The van der Waals surface area contributed by atoms with E-state index in [4.69, 9.17) is 9.47 Å². The molecule has 0 rings (SSSR count). The zero-order valence-corrected chi connectivity index (χ0v) is 14.0. The number of unbranched alkanes of at least 4 members (excludes halogenated alkanes) is 4. The van der Waals surface area contributed by atoms with Gasteiger partial charge in [0.15, 0.2) is 0 Å². The molecule has 0 saturated heterocycles. The molecule has 0 aromatic carbocycles. The summed E-state index contributed by atoms with van der Waals surface area (Å²) in [6.45, 7) is 9.90. The second kappa shape index (κ2) is 14.8. The lowest BCUT2D eigenvalue weighted by atomic mass is 10.2. The average Bonchev–Trinajstić information content (AvgIpc) is 2.53. The van der Waals surface area contributed by atoms with E-state index >= 15 is 0 Å². The Bertz CT molecular complexity index is 304. The van der Waals surface area contributed by atoms with Crippen LogP contribution in [0.3, 0.4) is 0 Å². The highest BCUT2D eigenvalue weighted by Gasteiger charge is 2.25. The van der Waals surface area contributed by atoms with Crippen LogP contribution in [-0.4, -0.2) is 24.3 Å². The minimum atomic E-state index is -1.50. The average molecular weight is 308 g/mol. The first-order chi connectivity index (χ1) is 10.7. The third kappa shape index (κ3) is 12.6. The fraction of sp³-hybridized carbons (Fsp3) is 0.579. The number of ether oxygens (including phenoxy) is 2. The summed E-state index contributed by atoms with van der Waals surface area (Å²) in [6.07, 6.45) is 18.4. The first-order valence-corrected chi connectivity index (χ1v) is 8.20. The zero-order valence-electron chi connectivity index (χ0n) is 14.0. The van der Waals surface area contributed by atoms with Crippen molar-refractivity contribution in [1.29, 1.82) is 0 Å². The Morgan fingerprint density at radius 2 is 1.27 bits per heavy atom. The van der Waals surface area contributed by atoms with Crippen LogP contribution in [0.1, 0.15) is 51.9 Å². The Morgan fingerprint density at radius 1 is 0.818 bits per heavy atom. The number of hydrogen-bond donors (Lipinski definition) is 1. The van der Waals surface area contributed by atoms with Crippen molar-refractivity contribution in [3.05, 3.63) is 49.6 Å². The van der Waals surface area contributed by atoms with E-state index in [1.54, 1.807) is 0 Å². The molecule has 0 aromatic heterocycles. The molecule has 0 spiro atoms. The maximum atomic E-state index is 10.2. The Kier molecular flexibility index (Phi) is 14.0. The molecule has 0 atom stereocenters. The van der Waals surface area contributed by atoms with Gasteiger partial charge < -0.3 is 14.6 Å². The van der Waals surface area contributed by atoms with E-state index in [0.29, 0.717) is 19.6 Å². The molecular weight excluding hydrogens is 276 g/mol. The van der Waals surface area contributed by atoms with E-state index in [0.717, 1.165) is 38.5 Å². The third-order valence-electron chi connectivity index (χ3n) is 3.15. The maximum absolute atomic E-state index is 10.2. The fourth-order valence-electron chi connectivity index (χ4n) is 1.73. The molecule has 0 heterocycles. The van der Waals surface area contributed by atoms with Crippen LogP contribution in [0.15, 0.2) is 49.6 Å². The minimum Gasteiger partial charge on any atom is -0.343 e. The predicted molar refractivity (Wildman–Crippen MR) is 93.5 cm³/mol. The molecule has 0 aromatic rings. The van der Waals surface area contributed by atoms with Crippen LogP contribution < -0.4 is 0 Å². The normalized spacial score (nSPS) is 14.5. The zero-order chi connectivity index (χ0) is 16.5. The third-order valence-corrected chi connectivity index (χ3v) is 3.15. The minimum absolute atomic E-state index is 0.349. The lowest BCUT2D eigenvalue weighted by molar-refractivity contribution is -0.353. The van der Waals surface area contributed by atoms with Gasteiger partial charge in [-0.05, 0) is 38.5 Å². The highest BCUT2D eigenvalue weighted by molar-refractivity contribution is 4.84. The van der Waals surface area contributed by atoms with Gasteiger partial charge in [0, 0.05) is 6.42 Å². The maximum Gasteiger partial charge on any atom is 0.280 e. The molecule has 0 fully saturated rings. The highest BCUT2D eigenvalue weighted by atomic mass is 16.8. The van der Waals surface area contributed by atoms with Gasteiger partial charge in [0.2, 0.25) is 0 Å². The molecule has 0 unspecified atom stereocenters. The largest absolute Gasteiger partial charge is 0.343 e. The molecule has 3 heteroatoms. The number of allylic oxidation sites excluding steroid dienone is 4. The van der Waals surface area contributed by atoms with Gasteiger partial charge in [-0.15, -0.1) is 13.2 Å². The molecule has 0 aliphatic rings. The van der Waals surface area contributed by atoms with Crippen LogP contribution in [0, 0.1) is 0 Å². The Balaban J connectivity index is 3.83. The van der Waals surface area contributed by atoms with Crippen LogP contribution in [0.25, 0.3) is 0 Å². The molecule has 0 saturated carbocycles. The summed E-state index contributed by atoms with van der Waals surface area (Å²) in [6, 6.07) is 0. The van der Waals surface area contributed by atoms with Crippen LogP contribution in [-0.2, 0) is 9.47 Å². The molecule has 0 radical (unpaired) electrons. The summed E-state index contributed by atoms with van der Waals surface area (Å²) in [5, 5.41) is 10.2. The van der Waals surface area contributed by atoms with Gasteiger partial charge in [0.1, 0.15) is 0 Å². The molecule has 1 N–H and O–H groups in total. The highest BCUT2D eigenvalue weighted by Crippen LogP contribution is 2.14. The second-order valence-electron chi connectivity index (χ2n) is 5.07. The van der Waals surface area contributed by atoms with Gasteiger partial charge in [-0.2, -0.15) is 0 Å². The van der Waals surface area contributed by atoms with Gasteiger partial charge >= 0.3 is 0 Å². The Hall–Kier alpha value is -1.16. The lowest BCUT2D eigenvalue weighted by Crippen LogP contribution is -2.35. The summed E-state index contributed by atoms with van der Waals surface area (Å²) in [5.41, 5.74) is 0. The molecular formula is C19H32O3. The topological polar surface area (TPSA) is 38.7 Å². The van der Waals surface area contributed by atoms with Crippen LogP contribution in [0.5, 0.6) is 0 Å². The van der Waals surface area contributed by atoms with E-state index in [1.165, 1.54) is 0 Å². The van der Waals surface area contributed by atoms with Crippen molar-refractivity contribution >= 4 is 0 Å². The molecule has 0 aliphatic carbocycles. The summed E-state index contributed by atoms with van der Waals surface area (Å²) < 4.78 is 10.8. The summed E-state index contributed by atoms with van der Waals surface area (Å²) >= 11 is 0. The van der Waals surface area contributed by atoms with Crippen LogP contribution >= 0.6 is 0 Å². The predicted octanol–water partition coefficient (Wildman–Crippen LogP) is 4.90. The SMILES string of the molecule is C=CCCCC=CCOC(O)(CC)OCC=CCCCC=C.